The summed E-state index contributed by atoms with van der Waals surface area (Å²) in [6, 6.07) is 0. The average Bonchev–Trinajstić information content (AvgIpc) is 2.21. The summed E-state index contributed by atoms with van der Waals surface area (Å²) in [5.41, 5.74) is 0. The van der Waals surface area contributed by atoms with Crippen LogP contribution in [0.3, 0.4) is 0 Å². The van der Waals surface area contributed by atoms with Crippen molar-refractivity contribution in [3.05, 3.63) is 0 Å². The minimum absolute atomic E-state index is 0.164. The first-order valence-corrected chi connectivity index (χ1v) is 2.65. The van der Waals surface area contributed by atoms with Gasteiger partial charge in [-0.05, 0) is 12.8 Å². The van der Waals surface area contributed by atoms with E-state index in [1.54, 1.807) is 0 Å². The van der Waals surface area contributed by atoms with Gasteiger partial charge in [-0.15, -0.1) is 0 Å². The fraction of sp³-hybridized carbons (Fsp3) is 1.00. The summed E-state index contributed by atoms with van der Waals surface area (Å²) in [6.07, 6.45) is 2.51. The summed E-state index contributed by atoms with van der Waals surface area (Å²) in [6.45, 7) is 0. The molecule has 1 rings (SSSR count). The van der Waals surface area contributed by atoms with Gasteiger partial charge in [0.15, 0.2) is 0 Å². The van der Waals surface area contributed by atoms with Crippen LogP contribution in [0.5, 0.6) is 0 Å². The number of hydrogen-bond donors (Lipinski definition) is 1. The van der Waals surface area contributed by atoms with E-state index in [1.165, 1.54) is 0 Å². The molecule has 0 aromatic carbocycles. The Kier molecular flexibility index (Phi) is 1.22. The number of hydrogen-bond acceptors (Lipinski definition) is 2. The van der Waals surface area contributed by atoms with Gasteiger partial charge in [-0.2, -0.15) is 0 Å². The Hall–Kier alpha value is 0.110. The highest BCUT2D eigenvalue weighted by Crippen LogP contribution is 2.22. The van der Waals surface area contributed by atoms with Gasteiger partial charge in [-0.25, -0.2) is 4.21 Å². The van der Waals surface area contributed by atoms with Gasteiger partial charge < -0.3 is 0 Å². The van der Waals surface area contributed by atoms with Gasteiger partial charge in [-0.3, -0.25) is 4.18 Å². The summed E-state index contributed by atoms with van der Waals surface area (Å²) in [5.74, 6) is 0. The van der Waals surface area contributed by atoms with Crippen LogP contribution in [0.4, 0.5) is 0 Å². The van der Waals surface area contributed by atoms with Gasteiger partial charge in [0.05, 0.1) is 6.10 Å². The zero-order chi connectivity index (χ0) is 4.41. The zero-order valence-corrected chi connectivity index (χ0v) is 4.15. The van der Waals surface area contributed by atoms with Crippen molar-refractivity contribution in [3.63, 3.8) is 0 Å². The van der Waals surface area contributed by atoms with Crippen molar-refractivity contribution in [2.45, 2.75) is 18.9 Å². The lowest BCUT2D eigenvalue weighted by Crippen LogP contribution is -1.81. The van der Waals surface area contributed by atoms with Crippen LogP contribution < -0.4 is 0 Å². The minimum atomic E-state index is -0.164. The largest absolute Gasteiger partial charge is 0.289 e. The normalized spacial score (nSPS) is 21.3. The van der Waals surface area contributed by atoms with Crippen molar-refractivity contribution >= 4 is 11.9 Å². The number of rotatable bonds is 2. The molecule has 2 nitrogen and oxygen atoms in total. The Morgan fingerprint density at radius 1 is 1.67 bits per heavy atom. The van der Waals surface area contributed by atoms with Crippen molar-refractivity contribution < 1.29 is 8.39 Å². The predicted molar refractivity (Wildman–Crippen MR) is 23.6 cm³/mol. The Morgan fingerprint density at radius 2 is 2.33 bits per heavy atom. The van der Waals surface area contributed by atoms with Crippen molar-refractivity contribution in [3.8, 4) is 0 Å². The van der Waals surface area contributed by atoms with Gasteiger partial charge in [0, 0.05) is 0 Å². The van der Waals surface area contributed by atoms with E-state index < -0.39 is 0 Å². The first-order chi connectivity index (χ1) is 2.93. The van der Waals surface area contributed by atoms with Crippen LogP contribution >= 0.6 is 0 Å². The molecule has 0 aromatic rings. The maximum absolute atomic E-state index is 9.53. The van der Waals surface area contributed by atoms with E-state index in [0.717, 1.165) is 12.8 Å². The first kappa shape index (κ1) is 4.27. The molecular weight excluding hydrogens is 100 g/mol. The highest BCUT2D eigenvalue weighted by atomic mass is 32.2. The Bertz CT molecular complexity index is 59.8. The molecule has 0 radical (unpaired) electrons. The van der Waals surface area contributed by atoms with Crippen molar-refractivity contribution in [1.82, 2.24) is 0 Å². The fourth-order valence-corrected chi connectivity index (χ4v) is 0.567. The number of thiol groups is 1. The average molecular weight is 106 g/mol. The molecule has 1 saturated carbocycles. The van der Waals surface area contributed by atoms with E-state index >= 15 is 0 Å². The maximum atomic E-state index is 9.53. The Morgan fingerprint density at radius 3 is 2.50 bits per heavy atom. The smallest absolute Gasteiger partial charge is 0.142 e. The van der Waals surface area contributed by atoms with E-state index in [0.29, 0.717) is 6.10 Å². The Balaban J connectivity index is 2.00. The molecule has 3 heteroatoms. The van der Waals surface area contributed by atoms with Gasteiger partial charge >= 0.3 is 0 Å². The van der Waals surface area contributed by atoms with Gasteiger partial charge in [0.25, 0.3) is 0 Å². The zero-order valence-electron chi connectivity index (χ0n) is 3.26. The highest BCUT2D eigenvalue weighted by Gasteiger charge is 2.21. The molecule has 1 aliphatic rings. The van der Waals surface area contributed by atoms with Crippen LogP contribution in [0.2, 0.25) is 0 Å². The quantitative estimate of drug-likeness (QED) is 0.502. The molecule has 36 valence electrons. The van der Waals surface area contributed by atoms with Gasteiger partial charge in [-0.1, -0.05) is 0 Å². The lowest BCUT2D eigenvalue weighted by Gasteiger charge is -1.79. The van der Waals surface area contributed by atoms with Crippen molar-refractivity contribution in [2.75, 3.05) is 0 Å². The second-order valence-electron chi connectivity index (χ2n) is 1.38. The lowest BCUT2D eigenvalue weighted by molar-refractivity contribution is 0.345. The minimum Gasteiger partial charge on any atom is -0.289 e. The van der Waals surface area contributed by atoms with Crippen LogP contribution in [0.15, 0.2) is 0 Å². The summed E-state index contributed by atoms with van der Waals surface area (Å²) < 4.78 is 14.1. The molecule has 0 bridgehead atoms. The molecule has 0 amide bonds. The van der Waals surface area contributed by atoms with Gasteiger partial charge in [0.2, 0.25) is 0 Å². The second-order valence-corrected chi connectivity index (χ2v) is 1.74. The van der Waals surface area contributed by atoms with Crippen molar-refractivity contribution in [2.24, 2.45) is 0 Å². The standard InChI is InChI=1S/C3H6O2S/c4-6-5-3-1-2-3/h3,6H,1-2H2. The maximum Gasteiger partial charge on any atom is 0.142 e. The van der Waals surface area contributed by atoms with E-state index in [2.05, 4.69) is 4.18 Å². The molecule has 6 heavy (non-hydrogen) atoms. The molecule has 1 fully saturated rings. The van der Waals surface area contributed by atoms with E-state index in [9.17, 15) is 4.21 Å². The second kappa shape index (κ2) is 1.71. The molecule has 0 atom stereocenters. The van der Waals surface area contributed by atoms with E-state index in [4.69, 9.17) is 0 Å². The molecule has 0 heterocycles. The van der Waals surface area contributed by atoms with E-state index in [1.807, 2.05) is 0 Å². The monoisotopic (exact) mass is 106 g/mol. The topological polar surface area (TPSA) is 26.3 Å². The molecule has 0 spiro atoms. The third-order valence-electron chi connectivity index (χ3n) is 0.716. The molecule has 0 aliphatic heterocycles. The molecule has 1 aliphatic carbocycles. The summed E-state index contributed by atoms with van der Waals surface area (Å²) >= 11 is -0.164. The summed E-state index contributed by atoms with van der Waals surface area (Å²) in [5, 5.41) is 0. The van der Waals surface area contributed by atoms with Crippen LogP contribution in [-0.4, -0.2) is 10.3 Å². The highest BCUT2D eigenvalue weighted by molar-refractivity contribution is 7.60. The molecule has 0 unspecified atom stereocenters. The van der Waals surface area contributed by atoms with Crippen LogP contribution in [-0.2, 0) is 16.1 Å². The molecule has 0 N–H and O–H groups in total. The first-order valence-electron chi connectivity index (χ1n) is 1.92. The van der Waals surface area contributed by atoms with E-state index in [-0.39, 0.29) is 11.9 Å². The SMILES string of the molecule is O=[SH]OC1CC1. The predicted octanol–water partition coefficient (Wildman–Crippen LogP) is 0.0257. The Labute approximate surface area is 40.2 Å². The summed E-state index contributed by atoms with van der Waals surface area (Å²) in [4.78, 5) is 0. The molecule has 0 saturated heterocycles. The van der Waals surface area contributed by atoms with Crippen molar-refractivity contribution in [1.29, 1.82) is 0 Å². The van der Waals surface area contributed by atoms with Gasteiger partial charge in [0.1, 0.15) is 11.9 Å². The summed E-state index contributed by atoms with van der Waals surface area (Å²) in [7, 11) is 0. The van der Waals surface area contributed by atoms with Crippen LogP contribution in [0.1, 0.15) is 12.8 Å². The lowest BCUT2D eigenvalue weighted by atomic mass is 10.9. The van der Waals surface area contributed by atoms with Crippen LogP contribution in [0, 0.1) is 0 Å². The molecular formula is C3H6O2S. The fourth-order valence-electron chi connectivity index (χ4n) is 0.234. The third kappa shape index (κ3) is 1.06. The third-order valence-corrected chi connectivity index (χ3v) is 1.10. The molecule has 0 aromatic heterocycles. The van der Waals surface area contributed by atoms with Crippen LogP contribution in [0.25, 0.3) is 0 Å².